The SMILES string of the molecule is CC(C)N1C([AsH2])=NC=CC1N1CC(N)C1. The number of rotatable bonds is 2. The van der Waals surface area contributed by atoms with E-state index in [2.05, 4.69) is 34.7 Å². The molecule has 0 spiro atoms. The van der Waals surface area contributed by atoms with E-state index in [-0.39, 0.29) is 0 Å². The average molecular weight is 270 g/mol. The fourth-order valence-electron chi connectivity index (χ4n) is 2.12. The zero-order valence-corrected chi connectivity index (χ0v) is 11.7. The summed E-state index contributed by atoms with van der Waals surface area (Å²) in [6, 6.07) is 0.847. The second kappa shape index (κ2) is 4.28. The molecule has 0 saturated carbocycles. The number of likely N-dealkylation sites (tertiary alicyclic amines) is 1. The molecular weight excluding hydrogens is 251 g/mol. The molecule has 2 heterocycles. The predicted octanol–water partition coefficient (Wildman–Crippen LogP) is -0.818. The molecular formula is C10H19AsN4. The molecule has 0 radical (unpaired) electrons. The molecule has 2 aliphatic rings. The zero-order chi connectivity index (χ0) is 11.0. The third-order valence-corrected chi connectivity index (χ3v) is 3.82. The monoisotopic (exact) mass is 270 g/mol. The Morgan fingerprint density at radius 3 is 2.73 bits per heavy atom. The molecule has 15 heavy (non-hydrogen) atoms. The maximum absolute atomic E-state index is 5.82. The Bertz CT molecular complexity index is 294. The van der Waals surface area contributed by atoms with Crippen molar-refractivity contribution >= 4 is 21.5 Å². The van der Waals surface area contributed by atoms with Crippen molar-refractivity contribution in [2.24, 2.45) is 10.7 Å². The van der Waals surface area contributed by atoms with Crippen LogP contribution in [0.25, 0.3) is 0 Å². The third kappa shape index (κ3) is 2.12. The molecule has 0 aliphatic carbocycles. The summed E-state index contributed by atoms with van der Waals surface area (Å²) < 4.78 is 1.16. The Hall–Kier alpha value is -0.312. The van der Waals surface area contributed by atoms with Crippen molar-refractivity contribution < 1.29 is 0 Å². The van der Waals surface area contributed by atoms with Gasteiger partial charge in [-0.15, -0.1) is 0 Å². The van der Waals surface area contributed by atoms with Crippen LogP contribution >= 0.6 is 0 Å². The van der Waals surface area contributed by atoms with Crippen molar-refractivity contribution in [3.8, 4) is 0 Å². The fourth-order valence-corrected chi connectivity index (χ4v) is 3.25. The molecule has 2 unspecified atom stereocenters. The van der Waals surface area contributed by atoms with E-state index in [0.29, 0.717) is 18.2 Å². The Labute approximate surface area is 99.7 Å². The summed E-state index contributed by atoms with van der Waals surface area (Å²) >= 11 is 1.59. The first-order valence-corrected chi connectivity index (χ1v) is 6.58. The molecule has 0 bridgehead atoms. The summed E-state index contributed by atoms with van der Waals surface area (Å²) in [5.41, 5.74) is 5.82. The number of hydrogen-bond donors (Lipinski definition) is 1. The predicted molar refractivity (Wildman–Crippen MR) is 65.4 cm³/mol. The molecule has 0 aromatic rings. The quantitative estimate of drug-likeness (QED) is 0.667. The average Bonchev–Trinajstić information content (AvgIpc) is 2.12. The Balaban J connectivity index is 2.10. The van der Waals surface area contributed by atoms with Crippen LogP contribution in [0, 0.1) is 0 Å². The summed E-state index contributed by atoms with van der Waals surface area (Å²) in [6.07, 6.45) is 4.45. The Morgan fingerprint density at radius 1 is 1.53 bits per heavy atom. The van der Waals surface area contributed by atoms with E-state index >= 15 is 0 Å². The van der Waals surface area contributed by atoms with Crippen molar-refractivity contribution in [3.63, 3.8) is 0 Å². The van der Waals surface area contributed by atoms with Crippen molar-refractivity contribution in [2.75, 3.05) is 13.1 Å². The zero-order valence-electron chi connectivity index (χ0n) is 9.30. The molecule has 1 saturated heterocycles. The summed E-state index contributed by atoms with van der Waals surface area (Å²) in [5.74, 6) is 0. The third-order valence-electron chi connectivity index (χ3n) is 2.88. The van der Waals surface area contributed by atoms with Gasteiger partial charge in [0.25, 0.3) is 0 Å². The Morgan fingerprint density at radius 2 is 2.20 bits per heavy atom. The van der Waals surface area contributed by atoms with Crippen molar-refractivity contribution in [3.05, 3.63) is 12.3 Å². The molecule has 2 N–H and O–H groups in total. The van der Waals surface area contributed by atoms with Gasteiger partial charge in [0.1, 0.15) is 0 Å². The molecule has 4 nitrogen and oxygen atoms in total. The Kier molecular flexibility index (Phi) is 3.19. The number of nitrogens with two attached hydrogens (primary N) is 1. The van der Waals surface area contributed by atoms with E-state index in [0.717, 1.165) is 17.7 Å². The molecule has 0 aromatic carbocycles. The minimum absolute atomic E-state index is 0.358. The number of aliphatic imine (C=N–C) groups is 1. The summed E-state index contributed by atoms with van der Waals surface area (Å²) in [7, 11) is 0. The van der Waals surface area contributed by atoms with E-state index in [9.17, 15) is 0 Å². The van der Waals surface area contributed by atoms with Crippen LogP contribution in [0.2, 0.25) is 0 Å². The topological polar surface area (TPSA) is 44.9 Å². The van der Waals surface area contributed by atoms with Gasteiger partial charge in [-0.2, -0.15) is 0 Å². The van der Waals surface area contributed by atoms with E-state index in [1.165, 1.54) is 0 Å². The van der Waals surface area contributed by atoms with Crippen LogP contribution in [0.3, 0.4) is 0 Å². The summed E-state index contributed by atoms with van der Waals surface area (Å²) in [6.45, 7) is 6.42. The summed E-state index contributed by atoms with van der Waals surface area (Å²) in [5, 5.41) is 0. The molecule has 2 aliphatic heterocycles. The molecule has 84 valence electrons. The van der Waals surface area contributed by atoms with Gasteiger partial charge in [0, 0.05) is 0 Å². The molecule has 0 amide bonds. The van der Waals surface area contributed by atoms with Gasteiger partial charge in [0.2, 0.25) is 0 Å². The van der Waals surface area contributed by atoms with Gasteiger partial charge in [-0.3, -0.25) is 0 Å². The molecule has 2 rings (SSSR count). The van der Waals surface area contributed by atoms with Crippen LogP contribution in [0.4, 0.5) is 0 Å². The number of hydrogen-bond acceptors (Lipinski definition) is 4. The van der Waals surface area contributed by atoms with Crippen LogP contribution < -0.4 is 5.73 Å². The van der Waals surface area contributed by atoms with E-state index in [1.54, 1.807) is 16.9 Å². The van der Waals surface area contributed by atoms with E-state index in [4.69, 9.17) is 5.73 Å². The van der Waals surface area contributed by atoms with E-state index in [1.807, 2.05) is 6.20 Å². The van der Waals surface area contributed by atoms with Crippen molar-refractivity contribution in [1.82, 2.24) is 9.80 Å². The number of nitrogens with zero attached hydrogens (tertiary/aromatic N) is 3. The molecule has 1 fully saturated rings. The first-order chi connectivity index (χ1) is 7.09. The van der Waals surface area contributed by atoms with Crippen LogP contribution in [-0.2, 0) is 0 Å². The first-order valence-electron chi connectivity index (χ1n) is 5.37. The number of amidine groups is 1. The van der Waals surface area contributed by atoms with Gasteiger partial charge in [-0.1, -0.05) is 0 Å². The van der Waals surface area contributed by atoms with Gasteiger partial charge in [0.15, 0.2) is 0 Å². The van der Waals surface area contributed by atoms with Crippen LogP contribution in [0.5, 0.6) is 0 Å². The standard InChI is InChI=1S/C10H19AsN4/c1-7(2)15-9(3-4-13-10(15)11)14-5-8(12)6-14/h3-4,7-9H,5-6,11-12H2,1-2H3. The molecule has 5 heteroatoms. The van der Waals surface area contributed by atoms with Crippen LogP contribution in [0.1, 0.15) is 13.8 Å². The maximum atomic E-state index is 5.82. The van der Waals surface area contributed by atoms with Gasteiger partial charge < -0.3 is 0 Å². The van der Waals surface area contributed by atoms with Crippen molar-refractivity contribution in [1.29, 1.82) is 0 Å². The fraction of sp³-hybridized carbons (Fsp3) is 0.700. The van der Waals surface area contributed by atoms with E-state index < -0.39 is 0 Å². The molecule has 2 atom stereocenters. The van der Waals surface area contributed by atoms with Crippen LogP contribution in [-0.4, -0.2) is 62.6 Å². The second-order valence-electron chi connectivity index (χ2n) is 4.46. The second-order valence-corrected chi connectivity index (χ2v) is 5.54. The van der Waals surface area contributed by atoms with Crippen molar-refractivity contribution in [2.45, 2.75) is 32.1 Å². The van der Waals surface area contributed by atoms with Gasteiger partial charge in [-0.05, 0) is 0 Å². The molecule has 0 aromatic heterocycles. The van der Waals surface area contributed by atoms with Gasteiger partial charge in [-0.25, -0.2) is 0 Å². The van der Waals surface area contributed by atoms with Gasteiger partial charge in [0.05, 0.1) is 0 Å². The minimum atomic E-state index is 0.358. The van der Waals surface area contributed by atoms with Crippen LogP contribution in [0.15, 0.2) is 17.3 Å². The first kappa shape index (κ1) is 11.2. The normalized spacial score (nSPS) is 28.2. The van der Waals surface area contributed by atoms with Gasteiger partial charge >= 0.3 is 99.5 Å². The summed E-state index contributed by atoms with van der Waals surface area (Å²) in [4.78, 5) is 9.14.